The van der Waals surface area contributed by atoms with E-state index in [0.717, 1.165) is 0 Å². The van der Waals surface area contributed by atoms with Gasteiger partial charge in [-0.1, -0.05) is 32.9 Å². The van der Waals surface area contributed by atoms with E-state index in [1.54, 1.807) is 6.92 Å². The summed E-state index contributed by atoms with van der Waals surface area (Å²) in [6, 6.07) is 0. The van der Waals surface area contributed by atoms with E-state index in [9.17, 15) is 5.11 Å². The van der Waals surface area contributed by atoms with Crippen molar-refractivity contribution >= 4 is 0 Å². The summed E-state index contributed by atoms with van der Waals surface area (Å²) in [6.45, 7) is 15.4. The van der Waals surface area contributed by atoms with Crippen LogP contribution in [0.1, 0.15) is 41.5 Å². The average molecular weight is 333 g/mol. The van der Waals surface area contributed by atoms with Crippen LogP contribution in [0.2, 0.25) is 0 Å². The van der Waals surface area contributed by atoms with E-state index in [1.165, 1.54) is 0 Å². The first-order valence-electron chi connectivity index (χ1n) is 6.07. The number of allylic oxidation sites excluding steroid dienone is 4. The van der Waals surface area contributed by atoms with Crippen molar-refractivity contribution in [2.24, 2.45) is 11.3 Å². The summed E-state index contributed by atoms with van der Waals surface area (Å²) in [5.74, 6) is 0.435. The van der Waals surface area contributed by atoms with Crippen molar-refractivity contribution in [1.82, 2.24) is 0 Å². The van der Waals surface area contributed by atoms with Crippen molar-refractivity contribution < 1.29 is 36.4 Å². The van der Waals surface area contributed by atoms with Crippen molar-refractivity contribution in [3.8, 4) is 0 Å². The zero-order chi connectivity index (χ0) is 14.1. The Hall–Kier alpha value is 0.283. The molecular weight excluding hydrogens is 303 g/mol. The Morgan fingerprint density at radius 3 is 1.33 bits per heavy atom. The van der Waals surface area contributed by atoms with Gasteiger partial charge in [-0.15, -0.1) is 18.1 Å². The molecule has 106 valence electrons. The average Bonchev–Trinajstić information content (AvgIpc) is 2.54. The maximum atomic E-state index is 9.35. The molecule has 0 fully saturated rings. The quantitative estimate of drug-likeness (QED) is 0.668. The van der Waals surface area contributed by atoms with E-state index in [4.69, 9.17) is 5.11 Å². The Morgan fingerprint density at radius 1 is 1.06 bits per heavy atom. The third-order valence-electron chi connectivity index (χ3n) is 2.66. The number of hydrogen-bond donors (Lipinski definition) is 2. The van der Waals surface area contributed by atoms with Gasteiger partial charge in [-0.25, -0.2) is 0 Å². The molecule has 2 nitrogen and oxygen atoms in total. The molecule has 0 aliphatic heterocycles. The van der Waals surface area contributed by atoms with E-state index in [-0.39, 0.29) is 38.2 Å². The first kappa shape index (κ1) is 23.4. The van der Waals surface area contributed by atoms with Gasteiger partial charge >= 0.3 is 0 Å². The summed E-state index contributed by atoms with van der Waals surface area (Å²) in [5, 5.41) is 16.9. The molecule has 2 N–H and O–H groups in total. The van der Waals surface area contributed by atoms with Crippen LogP contribution in [0.25, 0.3) is 0 Å². The van der Waals surface area contributed by atoms with Crippen LogP contribution >= 0.6 is 0 Å². The second-order valence-electron chi connectivity index (χ2n) is 5.56. The standard InChI is InChI=1S/C7H16O.C6H7.C2H6O.Zr/c1-6(2,3)7(4,5)8;1-6-4-2-3-5-6;1-2-3;/h8H,1-5H3;2-6H,1H2;3H,2H2,1H3;/q;-1;;. The minimum absolute atomic E-state index is 0. The predicted molar refractivity (Wildman–Crippen MR) is 75.6 cm³/mol. The van der Waals surface area contributed by atoms with E-state index in [0.29, 0.717) is 5.92 Å². The number of aliphatic hydroxyl groups excluding tert-OH is 1. The van der Waals surface area contributed by atoms with E-state index < -0.39 is 5.60 Å². The molecule has 0 saturated heterocycles. The smallest absolute Gasteiger partial charge is 0.0639 e. The van der Waals surface area contributed by atoms with Crippen LogP contribution in [0.3, 0.4) is 0 Å². The van der Waals surface area contributed by atoms with Crippen molar-refractivity contribution in [3.63, 3.8) is 0 Å². The van der Waals surface area contributed by atoms with Crippen LogP contribution in [-0.2, 0) is 26.2 Å². The Kier molecular flexibility index (Phi) is 14.5. The monoisotopic (exact) mass is 331 g/mol. The van der Waals surface area contributed by atoms with Gasteiger partial charge in [0.2, 0.25) is 0 Å². The van der Waals surface area contributed by atoms with Crippen LogP contribution in [0.4, 0.5) is 0 Å². The van der Waals surface area contributed by atoms with Crippen molar-refractivity contribution in [2.75, 3.05) is 6.61 Å². The molecule has 0 aromatic rings. The fraction of sp³-hybridized carbons (Fsp3) is 0.667. The molecule has 0 unspecified atom stereocenters. The summed E-state index contributed by atoms with van der Waals surface area (Å²) >= 11 is 0. The molecule has 1 aliphatic carbocycles. The fourth-order valence-electron chi connectivity index (χ4n) is 0.478. The van der Waals surface area contributed by atoms with Gasteiger partial charge in [-0.2, -0.15) is 0 Å². The summed E-state index contributed by atoms with van der Waals surface area (Å²) in [7, 11) is 0. The number of aliphatic hydroxyl groups is 2. The largest absolute Gasteiger partial charge is 0.397 e. The van der Waals surface area contributed by atoms with Gasteiger partial charge in [0.05, 0.1) is 5.60 Å². The summed E-state index contributed by atoms with van der Waals surface area (Å²) < 4.78 is 0. The van der Waals surface area contributed by atoms with Gasteiger partial charge in [0.25, 0.3) is 0 Å². The minimum atomic E-state index is -0.562. The Balaban J connectivity index is -0.000000200. The number of hydrogen-bond acceptors (Lipinski definition) is 2. The van der Waals surface area contributed by atoms with E-state index in [1.807, 2.05) is 46.8 Å². The van der Waals surface area contributed by atoms with Gasteiger partial charge in [0.15, 0.2) is 0 Å². The van der Waals surface area contributed by atoms with Crippen LogP contribution in [0, 0.1) is 18.3 Å². The van der Waals surface area contributed by atoms with E-state index >= 15 is 0 Å². The van der Waals surface area contributed by atoms with Crippen LogP contribution < -0.4 is 0 Å². The Morgan fingerprint density at radius 2 is 1.28 bits per heavy atom. The molecule has 0 atom stereocenters. The topological polar surface area (TPSA) is 40.5 Å². The van der Waals surface area contributed by atoms with Crippen molar-refractivity contribution in [3.05, 3.63) is 31.2 Å². The van der Waals surface area contributed by atoms with Gasteiger partial charge in [-0.05, 0) is 26.2 Å². The second kappa shape index (κ2) is 11.1. The molecule has 0 bridgehead atoms. The first-order chi connectivity index (χ1) is 7.56. The summed E-state index contributed by atoms with van der Waals surface area (Å²) in [6.07, 6.45) is 8.13. The van der Waals surface area contributed by atoms with Gasteiger partial charge in [0.1, 0.15) is 0 Å². The molecular formula is C15H29O2Zr-. The molecule has 0 spiro atoms. The molecule has 0 amide bonds. The van der Waals surface area contributed by atoms with Crippen LogP contribution in [0.5, 0.6) is 0 Å². The molecule has 0 aromatic carbocycles. The Labute approximate surface area is 132 Å². The summed E-state index contributed by atoms with van der Waals surface area (Å²) in [4.78, 5) is 0. The maximum absolute atomic E-state index is 9.35. The van der Waals surface area contributed by atoms with E-state index in [2.05, 4.69) is 19.1 Å². The van der Waals surface area contributed by atoms with Crippen LogP contribution in [-0.4, -0.2) is 22.4 Å². The molecule has 0 saturated carbocycles. The SMILES string of the molecule is CC(C)(C)C(C)(C)O.CCO.[CH2-]C1C=CC=C1.[Zr]. The normalized spacial score (nSPS) is 14.1. The third-order valence-corrected chi connectivity index (χ3v) is 2.66. The zero-order valence-electron chi connectivity index (χ0n) is 12.7. The molecule has 0 radical (unpaired) electrons. The predicted octanol–water partition coefficient (Wildman–Crippen LogP) is 3.36. The Bertz CT molecular complexity index is 208. The van der Waals surface area contributed by atoms with Crippen molar-refractivity contribution in [1.29, 1.82) is 0 Å². The van der Waals surface area contributed by atoms with Gasteiger partial charge in [-0.3, -0.25) is 0 Å². The molecule has 1 rings (SSSR count). The second-order valence-corrected chi connectivity index (χ2v) is 5.56. The molecule has 18 heavy (non-hydrogen) atoms. The fourth-order valence-corrected chi connectivity index (χ4v) is 0.478. The molecule has 0 aromatic heterocycles. The summed E-state index contributed by atoms with van der Waals surface area (Å²) in [5.41, 5.74) is -0.569. The molecule has 1 aliphatic rings. The third kappa shape index (κ3) is 14.3. The first-order valence-corrected chi connectivity index (χ1v) is 6.07. The van der Waals surface area contributed by atoms with Gasteiger partial charge in [0, 0.05) is 32.8 Å². The van der Waals surface area contributed by atoms with Gasteiger partial charge < -0.3 is 17.1 Å². The number of rotatable bonds is 0. The molecule has 3 heteroatoms. The maximum Gasteiger partial charge on any atom is 0.0639 e. The van der Waals surface area contributed by atoms with Crippen molar-refractivity contribution in [2.45, 2.75) is 47.1 Å². The zero-order valence-corrected chi connectivity index (χ0v) is 15.2. The minimum Gasteiger partial charge on any atom is -0.397 e. The molecule has 0 heterocycles. The van der Waals surface area contributed by atoms with Crippen LogP contribution in [0.15, 0.2) is 24.3 Å².